The Morgan fingerprint density at radius 3 is 2.02 bits per heavy atom. The van der Waals surface area contributed by atoms with E-state index < -0.39 is 0 Å². The number of fused-ring (bicyclic) bond motifs is 1. The largest absolute Gasteiger partial charge is 0.345 e. The summed E-state index contributed by atoms with van der Waals surface area (Å²) in [6, 6.07) is 22.9. The first-order chi connectivity index (χ1) is 24.2. The molecule has 3 aromatic rings. The number of aliphatic imine (C=N–C) groups is 1. The number of halogens is 1. The zero-order valence-corrected chi connectivity index (χ0v) is 30.8. The first-order valence-electron chi connectivity index (χ1n) is 18.2. The number of hydrogen-bond acceptors (Lipinski definition) is 8. The van der Waals surface area contributed by atoms with Gasteiger partial charge in [-0.15, -0.1) is 0 Å². The van der Waals surface area contributed by atoms with E-state index in [0.717, 1.165) is 99.2 Å². The Labute approximate surface area is 299 Å². The average molecular weight is 685 g/mol. The summed E-state index contributed by atoms with van der Waals surface area (Å²) in [5.41, 5.74) is 4.88. The van der Waals surface area contributed by atoms with Crippen molar-refractivity contribution in [3.8, 4) is 11.1 Å². The zero-order chi connectivity index (χ0) is 35.5. The van der Waals surface area contributed by atoms with E-state index in [1.807, 2.05) is 12.1 Å². The minimum atomic E-state index is -0.248. The number of para-hydroxylation sites is 1. The van der Waals surface area contributed by atoms with Crippen molar-refractivity contribution in [1.82, 2.24) is 29.8 Å². The van der Waals surface area contributed by atoms with Crippen molar-refractivity contribution in [3.05, 3.63) is 84.2 Å². The molecule has 1 N–H and O–H groups in total. The molecule has 10 heteroatoms. The van der Waals surface area contributed by atoms with Gasteiger partial charge in [-0.1, -0.05) is 55.3 Å². The van der Waals surface area contributed by atoms with Gasteiger partial charge in [0, 0.05) is 64.1 Å². The highest BCUT2D eigenvalue weighted by Crippen LogP contribution is 2.40. The second-order valence-corrected chi connectivity index (χ2v) is 14.3. The number of piperazine rings is 1. The number of anilines is 1. The molecule has 50 heavy (non-hydrogen) atoms. The van der Waals surface area contributed by atoms with Crippen molar-refractivity contribution in [2.24, 2.45) is 4.99 Å². The quantitative estimate of drug-likeness (QED) is 0.193. The fourth-order valence-electron chi connectivity index (χ4n) is 6.72. The molecule has 0 bridgehead atoms. The lowest BCUT2D eigenvalue weighted by atomic mass is 9.96. The molecule has 2 heterocycles. The van der Waals surface area contributed by atoms with Gasteiger partial charge in [0.05, 0.1) is 24.8 Å². The predicted octanol–water partition coefficient (Wildman–Crippen LogP) is 5.74. The summed E-state index contributed by atoms with van der Waals surface area (Å²) in [7, 11) is 10.6. The van der Waals surface area contributed by atoms with Gasteiger partial charge >= 0.3 is 0 Å². The van der Waals surface area contributed by atoms with E-state index in [0.29, 0.717) is 13.1 Å². The van der Waals surface area contributed by atoms with Gasteiger partial charge in [-0.2, -0.15) is 0 Å². The molecule has 0 radical (unpaired) electrons. The number of nitrogens with one attached hydrogen (secondary N) is 1. The molecule has 1 fully saturated rings. The second-order valence-electron chi connectivity index (χ2n) is 14.3. The van der Waals surface area contributed by atoms with E-state index in [1.165, 1.54) is 25.0 Å². The summed E-state index contributed by atoms with van der Waals surface area (Å²) < 4.78 is 13.6. The Morgan fingerprint density at radius 2 is 1.36 bits per heavy atom. The molecule has 1 unspecified atom stereocenters. The van der Waals surface area contributed by atoms with Crippen LogP contribution in [0, 0.1) is 5.82 Å². The number of hydrogen-bond donors (Lipinski definition) is 1. The average Bonchev–Trinajstić information content (AvgIpc) is 3.11. The molecule has 0 aliphatic carbocycles. The Balaban J connectivity index is 1.33. The molecule has 3 aromatic carbocycles. The number of benzene rings is 3. The predicted molar refractivity (Wildman–Crippen MR) is 204 cm³/mol. The Hall–Kier alpha value is -3.83. The Kier molecular flexibility index (Phi) is 13.8. The van der Waals surface area contributed by atoms with Crippen molar-refractivity contribution < 1.29 is 9.18 Å². The van der Waals surface area contributed by atoms with Crippen LogP contribution in [-0.2, 0) is 4.79 Å². The zero-order valence-electron chi connectivity index (χ0n) is 30.8. The van der Waals surface area contributed by atoms with Crippen molar-refractivity contribution in [3.63, 3.8) is 0 Å². The van der Waals surface area contributed by atoms with Gasteiger partial charge in [0.1, 0.15) is 5.82 Å². The van der Waals surface area contributed by atoms with Crippen molar-refractivity contribution in [1.29, 1.82) is 0 Å². The van der Waals surface area contributed by atoms with Gasteiger partial charge < -0.3 is 24.9 Å². The highest BCUT2D eigenvalue weighted by molar-refractivity contribution is 6.01. The fraction of sp³-hybridized carbons (Fsp3) is 0.500. The van der Waals surface area contributed by atoms with Gasteiger partial charge in [0.2, 0.25) is 11.9 Å². The standard InChI is InChI=1S/C40H57FN8O/c1-44(2)22-10-6-7-11-23-46(5)40-43-37-13-9-8-12-36(37)38(30-39(50)42-31-48-28-26-47(27-29-48)25-24-45(3)4)49(40)35-20-16-33(17-21-35)32-14-18-34(41)19-15-32/h8-9,12-21,38H,6-7,10-11,22-31H2,1-5H3,(H,42,50). The Bertz CT molecular complexity index is 1520. The summed E-state index contributed by atoms with van der Waals surface area (Å²) in [6.45, 7) is 8.59. The molecule has 9 nitrogen and oxygen atoms in total. The summed E-state index contributed by atoms with van der Waals surface area (Å²) in [5.74, 6) is 0.623. The van der Waals surface area contributed by atoms with Crippen LogP contribution in [0.1, 0.15) is 43.7 Å². The van der Waals surface area contributed by atoms with Crippen molar-refractivity contribution in [2.75, 3.05) is 99.2 Å². The lowest BCUT2D eigenvalue weighted by molar-refractivity contribution is -0.122. The number of rotatable bonds is 16. The third-order valence-electron chi connectivity index (χ3n) is 9.76. The van der Waals surface area contributed by atoms with Crippen LogP contribution in [0.4, 0.5) is 15.8 Å². The number of carbonyl (C=O) groups is 1. The molecule has 1 atom stereocenters. The molecule has 2 aliphatic rings. The maximum absolute atomic E-state index is 13.8. The number of likely N-dealkylation sites (N-methyl/N-ethyl adjacent to an activating group) is 1. The summed E-state index contributed by atoms with van der Waals surface area (Å²) in [4.78, 5) is 32.8. The molecule has 5 rings (SSSR count). The van der Waals surface area contributed by atoms with Crippen molar-refractivity contribution in [2.45, 2.75) is 38.1 Å². The van der Waals surface area contributed by atoms with Crippen LogP contribution < -0.4 is 10.2 Å². The van der Waals surface area contributed by atoms with Gasteiger partial charge in [0.25, 0.3) is 0 Å². The minimum Gasteiger partial charge on any atom is -0.345 e. The summed E-state index contributed by atoms with van der Waals surface area (Å²) in [5, 5.41) is 3.25. The normalized spacial score (nSPS) is 16.8. The van der Waals surface area contributed by atoms with Gasteiger partial charge in [-0.05, 0) is 89.0 Å². The van der Waals surface area contributed by atoms with Crippen molar-refractivity contribution >= 4 is 23.2 Å². The van der Waals surface area contributed by atoms with Crippen LogP contribution in [-0.4, -0.2) is 131 Å². The van der Waals surface area contributed by atoms with Gasteiger partial charge in [0.15, 0.2) is 0 Å². The van der Waals surface area contributed by atoms with E-state index >= 15 is 0 Å². The highest BCUT2D eigenvalue weighted by atomic mass is 19.1. The number of nitrogens with zero attached hydrogens (tertiary/aromatic N) is 7. The van der Waals surface area contributed by atoms with Crippen LogP contribution in [0.15, 0.2) is 77.8 Å². The second kappa shape index (κ2) is 18.4. The van der Waals surface area contributed by atoms with Crippen LogP contribution >= 0.6 is 0 Å². The number of unbranched alkanes of at least 4 members (excludes halogenated alkanes) is 3. The van der Waals surface area contributed by atoms with E-state index in [1.54, 1.807) is 12.1 Å². The van der Waals surface area contributed by atoms with Crippen LogP contribution in [0.5, 0.6) is 0 Å². The monoisotopic (exact) mass is 684 g/mol. The van der Waals surface area contributed by atoms with Crippen LogP contribution in [0.2, 0.25) is 0 Å². The molecule has 0 saturated carbocycles. The number of amides is 1. The number of carbonyl (C=O) groups excluding carboxylic acids is 1. The SMILES string of the molecule is CN(C)CCCCCCN(C)C1=Nc2ccccc2C(CC(=O)NCN2CCN(CCN(C)C)CC2)N1c1ccc(-c2ccc(F)cc2)cc1. The molecule has 270 valence electrons. The minimum absolute atomic E-state index is 0.0255. The first kappa shape index (κ1) is 37.4. The molecule has 1 amide bonds. The third kappa shape index (κ3) is 10.6. The van der Waals surface area contributed by atoms with E-state index in [2.05, 4.69) is 106 Å². The van der Waals surface area contributed by atoms with Gasteiger partial charge in [-0.25, -0.2) is 9.38 Å². The van der Waals surface area contributed by atoms with E-state index in [9.17, 15) is 9.18 Å². The first-order valence-corrected chi connectivity index (χ1v) is 18.2. The summed E-state index contributed by atoms with van der Waals surface area (Å²) in [6.07, 6.45) is 4.92. The maximum Gasteiger partial charge on any atom is 0.223 e. The topological polar surface area (TPSA) is 60.9 Å². The van der Waals surface area contributed by atoms with Gasteiger partial charge in [-0.3, -0.25) is 14.6 Å². The van der Waals surface area contributed by atoms with Crippen LogP contribution in [0.25, 0.3) is 11.1 Å². The molecular formula is C40H57FN8O. The molecule has 0 spiro atoms. The highest BCUT2D eigenvalue weighted by Gasteiger charge is 2.34. The molecule has 0 aromatic heterocycles. The molecule has 1 saturated heterocycles. The van der Waals surface area contributed by atoms with E-state index in [4.69, 9.17) is 4.99 Å². The maximum atomic E-state index is 13.8. The van der Waals surface area contributed by atoms with Crippen LogP contribution in [0.3, 0.4) is 0 Å². The summed E-state index contributed by atoms with van der Waals surface area (Å²) >= 11 is 0. The lowest BCUT2D eigenvalue weighted by Gasteiger charge is -2.41. The third-order valence-corrected chi connectivity index (χ3v) is 9.76. The lowest BCUT2D eigenvalue weighted by Crippen LogP contribution is -2.51. The Morgan fingerprint density at radius 1 is 0.760 bits per heavy atom. The fourth-order valence-corrected chi connectivity index (χ4v) is 6.72. The number of guanidine groups is 1. The van der Waals surface area contributed by atoms with E-state index in [-0.39, 0.29) is 17.8 Å². The molecular weight excluding hydrogens is 627 g/mol. The molecule has 2 aliphatic heterocycles. The smallest absolute Gasteiger partial charge is 0.223 e.